The fourth-order valence-electron chi connectivity index (χ4n) is 2.11. The van der Waals surface area contributed by atoms with Gasteiger partial charge >= 0.3 is 0 Å². The van der Waals surface area contributed by atoms with Crippen molar-refractivity contribution in [1.29, 1.82) is 0 Å². The molecule has 2 atom stereocenters. The summed E-state index contributed by atoms with van der Waals surface area (Å²) in [7, 11) is 0. The molecule has 0 saturated carbocycles. The van der Waals surface area contributed by atoms with Gasteiger partial charge in [-0.05, 0) is 31.1 Å². The summed E-state index contributed by atoms with van der Waals surface area (Å²) < 4.78 is 5.33. The maximum absolute atomic E-state index is 11.7. The van der Waals surface area contributed by atoms with Gasteiger partial charge in [0.1, 0.15) is 6.10 Å². The second-order valence-electron chi connectivity index (χ2n) is 4.17. The van der Waals surface area contributed by atoms with Crippen LogP contribution >= 0.6 is 0 Å². The Balaban J connectivity index is 2.22. The van der Waals surface area contributed by atoms with Crippen LogP contribution in [0.1, 0.15) is 31.4 Å². The Morgan fingerprint density at radius 2 is 2.13 bits per heavy atom. The number of H-pyrrole nitrogens is 1. The van der Waals surface area contributed by atoms with Crippen LogP contribution in [0.4, 0.5) is 0 Å². The molecule has 2 heterocycles. The molecule has 1 aliphatic heterocycles. The third-order valence-corrected chi connectivity index (χ3v) is 3.03. The Bertz CT molecular complexity index is 570. The molecule has 3 nitrogen and oxygen atoms in total. The van der Waals surface area contributed by atoms with Crippen molar-refractivity contribution in [3.05, 3.63) is 32.6 Å². The second kappa shape index (κ2) is 3.07. The molecule has 2 unspecified atom stereocenters. The van der Waals surface area contributed by atoms with Gasteiger partial charge in [0.25, 0.3) is 5.56 Å². The first-order valence-corrected chi connectivity index (χ1v) is 5.35. The van der Waals surface area contributed by atoms with Crippen LogP contribution in [0.25, 0.3) is 12.2 Å². The van der Waals surface area contributed by atoms with Crippen LogP contribution in [0.2, 0.25) is 0 Å². The van der Waals surface area contributed by atoms with E-state index in [-0.39, 0.29) is 17.8 Å². The van der Waals surface area contributed by atoms with E-state index in [0.29, 0.717) is 0 Å². The molecule has 15 heavy (non-hydrogen) atoms. The van der Waals surface area contributed by atoms with Crippen molar-refractivity contribution in [2.24, 2.45) is 0 Å². The summed E-state index contributed by atoms with van der Waals surface area (Å²) in [6.45, 7) is 1.99. The van der Waals surface area contributed by atoms with E-state index >= 15 is 0 Å². The van der Waals surface area contributed by atoms with Crippen molar-refractivity contribution in [1.82, 2.24) is 4.98 Å². The van der Waals surface area contributed by atoms with Gasteiger partial charge in [0.05, 0.1) is 6.10 Å². The highest BCUT2D eigenvalue weighted by Gasteiger charge is 2.37. The van der Waals surface area contributed by atoms with Gasteiger partial charge in [-0.3, -0.25) is 4.79 Å². The lowest BCUT2D eigenvalue weighted by molar-refractivity contribution is 0.382. The number of nitrogens with one attached hydrogen (secondary N) is 1. The third-order valence-electron chi connectivity index (χ3n) is 3.03. The number of aromatic amines is 1. The molecule has 0 amide bonds. The number of ether oxygens (including phenoxy) is 1. The zero-order chi connectivity index (χ0) is 10.4. The van der Waals surface area contributed by atoms with E-state index in [4.69, 9.17) is 4.74 Å². The molecule has 1 aromatic rings. The summed E-state index contributed by atoms with van der Waals surface area (Å²) in [4.78, 5) is 14.7. The lowest BCUT2D eigenvalue weighted by atomic mass is 10.1. The molecular weight excluding hydrogens is 190 g/mol. The molecule has 1 fully saturated rings. The number of rotatable bonds is 1. The maximum Gasteiger partial charge on any atom is 0.254 e. The lowest BCUT2D eigenvalue weighted by Gasteiger charge is -2.01. The average Bonchev–Trinajstić information content (AvgIpc) is 2.94. The second-order valence-corrected chi connectivity index (χ2v) is 4.17. The quantitative estimate of drug-likeness (QED) is 0.662. The number of fused-ring (bicyclic) bond motifs is 1. The SMILES string of the molecule is CC1OC1c1cc2c([nH]c1=O)=CCCC=2. The zero-order valence-corrected chi connectivity index (χ0v) is 8.62. The number of epoxide rings is 1. The minimum Gasteiger partial charge on any atom is -0.365 e. The third kappa shape index (κ3) is 1.43. The summed E-state index contributed by atoms with van der Waals surface area (Å²) in [5.41, 5.74) is 0.766. The van der Waals surface area contributed by atoms with E-state index in [1.165, 1.54) is 0 Å². The van der Waals surface area contributed by atoms with E-state index in [2.05, 4.69) is 17.1 Å². The summed E-state index contributed by atoms with van der Waals surface area (Å²) in [6.07, 6.45) is 6.52. The van der Waals surface area contributed by atoms with Crippen LogP contribution in [-0.4, -0.2) is 11.1 Å². The van der Waals surface area contributed by atoms with Crippen LogP contribution in [0.15, 0.2) is 10.9 Å². The zero-order valence-electron chi connectivity index (χ0n) is 8.62. The summed E-state index contributed by atoms with van der Waals surface area (Å²) in [5, 5.41) is 2.10. The predicted octanol–water partition coefficient (Wildman–Crippen LogP) is 0.189. The molecular formula is C12H13NO2. The van der Waals surface area contributed by atoms with Crippen LogP contribution < -0.4 is 16.1 Å². The molecule has 1 aromatic heterocycles. The normalized spacial score (nSPS) is 27.5. The topological polar surface area (TPSA) is 45.4 Å². The van der Waals surface area contributed by atoms with Crippen molar-refractivity contribution in [3.63, 3.8) is 0 Å². The van der Waals surface area contributed by atoms with E-state index in [0.717, 1.165) is 29.0 Å². The van der Waals surface area contributed by atoms with E-state index < -0.39 is 0 Å². The van der Waals surface area contributed by atoms with Crippen LogP contribution in [-0.2, 0) is 4.74 Å². The Hall–Kier alpha value is -1.35. The molecule has 1 N–H and O–H groups in total. The average molecular weight is 203 g/mol. The highest BCUT2D eigenvalue weighted by atomic mass is 16.6. The fourth-order valence-corrected chi connectivity index (χ4v) is 2.11. The van der Waals surface area contributed by atoms with Gasteiger partial charge in [0.15, 0.2) is 0 Å². The van der Waals surface area contributed by atoms with E-state index in [1.807, 2.05) is 13.0 Å². The Morgan fingerprint density at radius 3 is 2.87 bits per heavy atom. The van der Waals surface area contributed by atoms with Gasteiger partial charge in [-0.1, -0.05) is 12.2 Å². The van der Waals surface area contributed by atoms with Crippen molar-refractivity contribution in [3.8, 4) is 0 Å². The maximum atomic E-state index is 11.7. The summed E-state index contributed by atoms with van der Waals surface area (Å²) in [6, 6.07) is 1.97. The van der Waals surface area contributed by atoms with Gasteiger partial charge < -0.3 is 9.72 Å². The molecule has 3 rings (SSSR count). The van der Waals surface area contributed by atoms with Gasteiger partial charge in [-0.25, -0.2) is 0 Å². The standard InChI is InChI=1S/C12H13NO2/c1-7-11(15-7)9-6-8-4-2-3-5-10(8)13-12(9)14/h4-7,11H,2-3H2,1H3,(H,13,14). The van der Waals surface area contributed by atoms with Gasteiger partial charge in [0.2, 0.25) is 0 Å². The van der Waals surface area contributed by atoms with Crippen molar-refractivity contribution in [2.75, 3.05) is 0 Å². The minimum atomic E-state index is -0.00495. The highest BCUT2D eigenvalue weighted by Crippen LogP contribution is 2.35. The van der Waals surface area contributed by atoms with Crippen LogP contribution in [0, 0.1) is 0 Å². The van der Waals surface area contributed by atoms with Crippen molar-refractivity contribution < 1.29 is 4.74 Å². The summed E-state index contributed by atoms with van der Waals surface area (Å²) in [5.74, 6) is 0. The molecule has 3 heteroatoms. The molecule has 0 aromatic carbocycles. The lowest BCUT2D eigenvalue weighted by Crippen LogP contribution is -2.37. The molecule has 0 spiro atoms. The Morgan fingerprint density at radius 1 is 1.40 bits per heavy atom. The van der Waals surface area contributed by atoms with Gasteiger partial charge in [0, 0.05) is 10.9 Å². The first-order chi connectivity index (χ1) is 7.25. The largest absolute Gasteiger partial charge is 0.365 e. The monoisotopic (exact) mass is 203 g/mol. The number of hydrogen-bond donors (Lipinski definition) is 1. The number of hydrogen-bond acceptors (Lipinski definition) is 2. The molecule has 0 radical (unpaired) electrons. The Kier molecular flexibility index (Phi) is 1.83. The molecule has 1 aliphatic carbocycles. The number of pyridine rings is 1. The molecule has 78 valence electrons. The number of aromatic nitrogens is 1. The summed E-state index contributed by atoms with van der Waals surface area (Å²) >= 11 is 0. The van der Waals surface area contributed by atoms with Crippen molar-refractivity contribution >= 4 is 12.2 Å². The minimum absolute atomic E-state index is 0.00495. The van der Waals surface area contributed by atoms with Crippen molar-refractivity contribution in [2.45, 2.75) is 32.0 Å². The predicted molar refractivity (Wildman–Crippen MR) is 57.8 cm³/mol. The van der Waals surface area contributed by atoms with Gasteiger partial charge in [-0.2, -0.15) is 0 Å². The van der Waals surface area contributed by atoms with Crippen LogP contribution in [0.5, 0.6) is 0 Å². The van der Waals surface area contributed by atoms with Gasteiger partial charge in [-0.15, -0.1) is 0 Å². The van der Waals surface area contributed by atoms with Crippen LogP contribution in [0.3, 0.4) is 0 Å². The first-order valence-electron chi connectivity index (χ1n) is 5.35. The highest BCUT2D eigenvalue weighted by molar-refractivity contribution is 5.37. The first kappa shape index (κ1) is 8.92. The van der Waals surface area contributed by atoms with E-state index in [1.54, 1.807) is 0 Å². The molecule has 0 bridgehead atoms. The molecule has 2 aliphatic rings. The molecule has 1 saturated heterocycles. The smallest absolute Gasteiger partial charge is 0.254 e. The Labute approximate surface area is 87.1 Å². The van der Waals surface area contributed by atoms with E-state index in [9.17, 15) is 4.79 Å². The fraction of sp³-hybridized carbons (Fsp3) is 0.417.